The third-order valence-corrected chi connectivity index (χ3v) is 5.20. The molecule has 3 N–H and O–H groups in total. The molecule has 1 atom stereocenters. The Hall–Kier alpha value is -1.94. The highest BCUT2D eigenvalue weighted by Gasteiger charge is 2.23. The van der Waals surface area contributed by atoms with E-state index in [1.54, 1.807) is 11.8 Å². The van der Waals surface area contributed by atoms with Gasteiger partial charge >= 0.3 is 0 Å². The van der Waals surface area contributed by atoms with E-state index in [1.807, 2.05) is 37.4 Å². The molecule has 0 radical (unpaired) electrons. The van der Waals surface area contributed by atoms with Crippen molar-refractivity contribution >= 4 is 23.4 Å². The summed E-state index contributed by atoms with van der Waals surface area (Å²) >= 11 is 1.65. The lowest BCUT2D eigenvalue weighted by Crippen LogP contribution is -2.31. The number of aryl methyl sites for hydroxylation is 2. The van der Waals surface area contributed by atoms with E-state index in [4.69, 9.17) is 5.73 Å². The normalized spacial score (nSPS) is 16.7. The molecule has 0 bridgehead atoms. The van der Waals surface area contributed by atoms with Gasteiger partial charge in [-0.1, -0.05) is 12.1 Å². The number of nitrogens with one attached hydrogen (secondary N) is 1. The van der Waals surface area contributed by atoms with Crippen LogP contribution in [-0.4, -0.2) is 12.2 Å². The number of carbonyl (C=O) groups is 1. The van der Waals surface area contributed by atoms with Crippen molar-refractivity contribution in [2.24, 2.45) is 0 Å². The topological polar surface area (TPSA) is 55.1 Å². The van der Waals surface area contributed by atoms with Crippen LogP contribution in [0, 0.1) is 6.92 Å². The first-order valence-corrected chi connectivity index (χ1v) is 9.15. The molecule has 23 heavy (non-hydrogen) atoms. The lowest BCUT2D eigenvalue weighted by molar-refractivity contribution is 0.0932. The zero-order chi connectivity index (χ0) is 16.4. The number of carbonyl (C=O) groups excluding carboxylic acids is 1. The van der Waals surface area contributed by atoms with Crippen LogP contribution in [0.2, 0.25) is 0 Å². The summed E-state index contributed by atoms with van der Waals surface area (Å²) < 4.78 is 0. The molecule has 2 aromatic carbocycles. The van der Waals surface area contributed by atoms with Gasteiger partial charge in [-0.15, -0.1) is 11.8 Å². The highest BCUT2D eigenvalue weighted by atomic mass is 32.2. The second-order valence-corrected chi connectivity index (χ2v) is 6.94. The molecule has 0 saturated heterocycles. The third-order valence-electron chi connectivity index (χ3n) is 4.48. The van der Waals surface area contributed by atoms with Gasteiger partial charge in [0.15, 0.2) is 0 Å². The average Bonchev–Trinajstić information content (AvgIpc) is 2.55. The van der Waals surface area contributed by atoms with Crippen molar-refractivity contribution in [3.05, 3.63) is 58.7 Å². The molecule has 0 fully saturated rings. The van der Waals surface area contributed by atoms with Crippen LogP contribution in [0.1, 0.15) is 45.9 Å². The maximum atomic E-state index is 12.7. The van der Waals surface area contributed by atoms with E-state index in [0.29, 0.717) is 0 Å². The van der Waals surface area contributed by atoms with E-state index in [2.05, 4.69) is 17.4 Å². The average molecular weight is 326 g/mol. The highest BCUT2D eigenvalue weighted by Crippen LogP contribution is 2.31. The fourth-order valence-corrected chi connectivity index (χ4v) is 3.63. The minimum absolute atomic E-state index is 0.00748. The minimum Gasteiger partial charge on any atom is -0.399 e. The molecule has 1 aliphatic rings. The molecule has 0 heterocycles. The largest absolute Gasteiger partial charge is 0.399 e. The molecule has 1 aliphatic carbocycles. The maximum Gasteiger partial charge on any atom is 0.252 e. The molecule has 1 unspecified atom stereocenters. The van der Waals surface area contributed by atoms with Crippen LogP contribution in [0.3, 0.4) is 0 Å². The SMILES string of the molecule is CSc1ccc(C)c(C(=O)NC2CCCc3cc(N)ccc32)c1. The van der Waals surface area contributed by atoms with E-state index in [0.717, 1.165) is 41.0 Å². The molecule has 0 saturated carbocycles. The first kappa shape index (κ1) is 15.9. The zero-order valence-electron chi connectivity index (χ0n) is 13.6. The van der Waals surface area contributed by atoms with Gasteiger partial charge in [-0.05, 0) is 73.4 Å². The predicted octanol–water partition coefficient (Wildman–Crippen LogP) is 4.11. The Morgan fingerprint density at radius 1 is 1.26 bits per heavy atom. The summed E-state index contributed by atoms with van der Waals surface area (Å²) in [7, 11) is 0. The molecule has 1 amide bonds. The van der Waals surface area contributed by atoms with Crippen LogP contribution in [0.5, 0.6) is 0 Å². The molecule has 120 valence electrons. The van der Waals surface area contributed by atoms with Gasteiger partial charge in [0.25, 0.3) is 5.91 Å². The Morgan fingerprint density at radius 3 is 2.87 bits per heavy atom. The maximum absolute atomic E-state index is 12.7. The first-order valence-electron chi connectivity index (χ1n) is 7.92. The molecular formula is C19H22N2OS. The molecule has 3 rings (SSSR count). The smallest absolute Gasteiger partial charge is 0.252 e. The highest BCUT2D eigenvalue weighted by molar-refractivity contribution is 7.98. The molecule has 3 nitrogen and oxygen atoms in total. The summed E-state index contributed by atoms with van der Waals surface area (Å²) in [4.78, 5) is 13.8. The van der Waals surface area contributed by atoms with E-state index >= 15 is 0 Å². The van der Waals surface area contributed by atoms with Gasteiger partial charge in [0, 0.05) is 16.1 Å². The molecule has 0 aliphatic heterocycles. The van der Waals surface area contributed by atoms with Crippen LogP contribution in [0.4, 0.5) is 5.69 Å². The van der Waals surface area contributed by atoms with Crippen molar-refractivity contribution in [3.63, 3.8) is 0 Å². The number of hydrogen-bond donors (Lipinski definition) is 2. The van der Waals surface area contributed by atoms with Crippen LogP contribution >= 0.6 is 11.8 Å². The molecule has 4 heteroatoms. The van der Waals surface area contributed by atoms with E-state index < -0.39 is 0 Å². The number of anilines is 1. The fraction of sp³-hybridized carbons (Fsp3) is 0.316. The van der Waals surface area contributed by atoms with Gasteiger partial charge in [0.05, 0.1) is 6.04 Å². The molecule has 0 spiro atoms. The summed E-state index contributed by atoms with van der Waals surface area (Å²) in [5, 5.41) is 3.21. The van der Waals surface area contributed by atoms with E-state index in [-0.39, 0.29) is 11.9 Å². The van der Waals surface area contributed by atoms with Crippen LogP contribution in [0.25, 0.3) is 0 Å². The first-order chi connectivity index (χ1) is 11.1. The molecular weight excluding hydrogens is 304 g/mol. The Balaban J connectivity index is 1.85. The quantitative estimate of drug-likeness (QED) is 0.659. The van der Waals surface area contributed by atoms with Gasteiger partial charge in [-0.25, -0.2) is 0 Å². The van der Waals surface area contributed by atoms with Gasteiger partial charge in [-0.2, -0.15) is 0 Å². The van der Waals surface area contributed by atoms with Crippen LogP contribution in [0.15, 0.2) is 41.3 Å². The predicted molar refractivity (Wildman–Crippen MR) is 97.0 cm³/mol. The van der Waals surface area contributed by atoms with E-state index in [9.17, 15) is 4.79 Å². The minimum atomic E-state index is 0.00748. The van der Waals surface area contributed by atoms with Crippen LogP contribution < -0.4 is 11.1 Å². The van der Waals surface area contributed by atoms with Crippen molar-refractivity contribution in [2.75, 3.05) is 12.0 Å². The summed E-state index contributed by atoms with van der Waals surface area (Å²) in [6.07, 6.45) is 5.11. The number of benzene rings is 2. The van der Waals surface area contributed by atoms with Crippen molar-refractivity contribution in [2.45, 2.75) is 37.1 Å². The number of fused-ring (bicyclic) bond motifs is 1. The zero-order valence-corrected chi connectivity index (χ0v) is 14.4. The van der Waals surface area contributed by atoms with Crippen molar-refractivity contribution in [3.8, 4) is 0 Å². The lowest BCUT2D eigenvalue weighted by atomic mass is 9.87. The summed E-state index contributed by atoms with van der Waals surface area (Å²) in [5.74, 6) is 0.00748. The van der Waals surface area contributed by atoms with Gasteiger partial charge in [-0.3, -0.25) is 4.79 Å². The van der Waals surface area contributed by atoms with Gasteiger partial charge < -0.3 is 11.1 Å². The molecule has 2 aromatic rings. The second kappa shape index (κ2) is 6.67. The summed E-state index contributed by atoms with van der Waals surface area (Å²) in [6, 6.07) is 12.1. The number of nitrogen functional groups attached to an aromatic ring is 1. The lowest BCUT2D eigenvalue weighted by Gasteiger charge is -2.27. The van der Waals surface area contributed by atoms with Gasteiger partial charge in [0.2, 0.25) is 0 Å². The van der Waals surface area contributed by atoms with E-state index in [1.165, 1.54) is 11.1 Å². The standard InChI is InChI=1S/C19H22N2OS/c1-12-6-8-15(23-2)11-17(12)19(22)21-18-5-3-4-13-10-14(20)7-9-16(13)18/h6-11,18H,3-5,20H2,1-2H3,(H,21,22). The summed E-state index contributed by atoms with van der Waals surface area (Å²) in [5.41, 5.74) is 10.9. The van der Waals surface area contributed by atoms with Crippen molar-refractivity contribution in [1.82, 2.24) is 5.32 Å². The monoisotopic (exact) mass is 326 g/mol. The summed E-state index contributed by atoms with van der Waals surface area (Å²) in [6.45, 7) is 1.98. The number of thioether (sulfide) groups is 1. The second-order valence-electron chi connectivity index (χ2n) is 6.06. The van der Waals surface area contributed by atoms with Crippen LogP contribution in [-0.2, 0) is 6.42 Å². The molecule has 0 aromatic heterocycles. The number of rotatable bonds is 3. The Kier molecular flexibility index (Phi) is 4.62. The van der Waals surface area contributed by atoms with Crippen molar-refractivity contribution < 1.29 is 4.79 Å². The fourth-order valence-electron chi connectivity index (χ4n) is 3.19. The third kappa shape index (κ3) is 3.37. The number of amides is 1. The number of hydrogen-bond acceptors (Lipinski definition) is 3. The van der Waals surface area contributed by atoms with Gasteiger partial charge in [0.1, 0.15) is 0 Å². The van der Waals surface area contributed by atoms with Crippen molar-refractivity contribution in [1.29, 1.82) is 0 Å². The Labute approximate surface area is 141 Å². The Morgan fingerprint density at radius 2 is 2.09 bits per heavy atom. The number of nitrogens with two attached hydrogens (primary N) is 1. The Bertz CT molecular complexity index is 742.